The number of aromatic nitrogens is 1. The average Bonchev–Trinajstić information content (AvgIpc) is 2.80. The second-order valence-electron chi connectivity index (χ2n) is 9.48. The fraction of sp³-hybridized carbons (Fsp3) is 0.370. The van der Waals surface area contributed by atoms with Gasteiger partial charge in [-0.2, -0.15) is 0 Å². The zero-order chi connectivity index (χ0) is 23.3. The molecule has 7 heteroatoms. The zero-order valence-corrected chi connectivity index (χ0v) is 20.2. The molecule has 0 aliphatic carbocycles. The minimum absolute atomic E-state index is 0.385. The van der Waals surface area contributed by atoms with E-state index in [4.69, 9.17) is 35.5 Å². The molecular weight excluding hydrogens is 452 g/mol. The van der Waals surface area contributed by atoms with Gasteiger partial charge in [-0.3, -0.25) is 4.90 Å². The second kappa shape index (κ2) is 8.45. The Labute approximate surface area is 204 Å². The van der Waals surface area contributed by atoms with Gasteiger partial charge in [0.15, 0.2) is 11.5 Å². The number of rotatable bonds is 5. The van der Waals surface area contributed by atoms with Crippen molar-refractivity contribution in [3.63, 3.8) is 0 Å². The van der Waals surface area contributed by atoms with E-state index >= 15 is 0 Å². The molecule has 0 atom stereocenters. The third kappa shape index (κ3) is 3.70. The monoisotopic (exact) mass is 478 g/mol. The van der Waals surface area contributed by atoms with E-state index in [0.717, 1.165) is 77.9 Å². The quantitative estimate of drug-likeness (QED) is 0.515. The maximum Gasteiger partial charge on any atom is 0.218 e. The van der Waals surface area contributed by atoms with E-state index < -0.39 is 0 Å². The molecule has 2 aromatic carbocycles. The van der Waals surface area contributed by atoms with Gasteiger partial charge in [0.05, 0.1) is 31.0 Å². The molecule has 1 spiro atoms. The Balaban J connectivity index is 1.31. The highest BCUT2D eigenvalue weighted by molar-refractivity contribution is 6.36. The lowest BCUT2D eigenvalue weighted by atomic mass is 9.78. The highest BCUT2D eigenvalue weighted by atomic mass is 35.5. The number of ether oxygens (including phenoxy) is 4. The minimum Gasteiger partial charge on any atom is -0.486 e. The van der Waals surface area contributed by atoms with E-state index in [1.165, 1.54) is 0 Å². The highest BCUT2D eigenvalue weighted by Crippen LogP contribution is 2.42. The molecule has 3 aromatic rings. The van der Waals surface area contributed by atoms with E-state index in [-0.39, 0.29) is 0 Å². The van der Waals surface area contributed by atoms with Gasteiger partial charge in [-0.05, 0) is 36.2 Å². The van der Waals surface area contributed by atoms with Gasteiger partial charge < -0.3 is 18.9 Å². The molecule has 0 bridgehead atoms. The first-order valence-corrected chi connectivity index (χ1v) is 12.0. The Morgan fingerprint density at radius 2 is 1.79 bits per heavy atom. The van der Waals surface area contributed by atoms with Crippen molar-refractivity contribution in [1.82, 2.24) is 9.88 Å². The van der Waals surface area contributed by atoms with Gasteiger partial charge in [-0.25, -0.2) is 4.98 Å². The number of hydrogen-bond acceptors (Lipinski definition) is 6. The summed E-state index contributed by atoms with van der Waals surface area (Å²) in [5, 5.41) is 0.649. The summed E-state index contributed by atoms with van der Waals surface area (Å²) in [6, 6.07) is 14.0. The summed E-state index contributed by atoms with van der Waals surface area (Å²) in [7, 11) is 1.68. The van der Waals surface area contributed by atoms with Gasteiger partial charge in [0, 0.05) is 41.7 Å². The van der Waals surface area contributed by atoms with Crippen LogP contribution in [0.15, 0.2) is 42.5 Å². The molecule has 2 saturated heterocycles. The van der Waals surface area contributed by atoms with E-state index in [1.54, 1.807) is 7.11 Å². The van der Waals surface area contributed by atoms with Crippen LogP contribution in [0.5, 0.6) is 17.4 Å². The lowest BCUT2D eigenvalue weighted by molar-refractivity contribution is -0.191. The van der Waals surface area contributed by atoms with Gasteiger partial charge in [0.2, 0.25) is 5.88 Å². The van der Waals surface area contributed by atoms with Crippen LogP contribution in [0.1, 0.15) is 11.1 Å². The SMILES string of the molecule is COc1nc(-c2cccc(-c3ccc4c(c3)OCCO4)c2Cl)cc(C)c1CN1CC2(COC2)C1. The zero-order valence-electron chi connectivity index (χ0n) is 19.4. The topological polar surface area (TPSA) is 53.0 Å². The number of aryl methyl sites for hydroxylation is 1. The predicted molar refractivity (Wildman–Crippen MR) is 131 cm³/mol. The van der Waals surface area contributed by atoms with Crippen LogP contribution < -0.4 is 14.2 Å². The Morgan fingerprint density at radius 1 is 1.03 bits per heavy atom. The van der Waals surface area contributed by atoms with E-state index in [0.29, 0.717) is 29.5 Å². The number of fused-ring (bicyclic) bond motifs is 1. The largest absolute Gasteiger partial charge is 0.486 e. The molecule has 0 radical (unpaired) electrons. The molecule has 34 heavy (non-hydrogen) atoms. The lowest BCUT2D eigenvalue weighted by Crippen LogP contribution is -2.65. The minimum atomic E-state index is 0.385. The third-order valence-electron chi connectivity index (χ3n) is 6.95. The second-order valence-corrected chi connectivity index (χ2v) is 9.85. The summed E-state index contributed by atoms with van der Waals surface area (Å²) >= 11 is 6.95. The van der Waals surface area contributed by atoms with Crippen molar-refractivity contribution in [3.05, 3.63) is 58.6 Å². The molecule has 6 nitrogen and oxygen atoms in total. The van der Waals surface area contributed by atoms with E-state index in [2.05, 4.69) is 17.9 Å². The van der Waals surface area contributed by atoms with Crippen LogP contribution in [0.25, 0.3) is 22.4 Å². The molecule has 176 valence electrons. The van der Waals surface area contributed by atoms with E-state index in [9.17, 15) is 0 Å². The van der Waals surface area contributed by atoms with Gasteiger partial charge in [0.1, 0.15) is 13.2 Å². The molecule has 3 aliphatic rings. The number of nitrogens with zero attached hydrogens (tertiary/aromatic N) is 2. The lowest BCUT2D eigenvalue weighted by Gasteiger charge is -2.55. The Bertz CT molecular complexity index is 1250. The number of halogens is 1. The van der Waals surface area contributed by atoms with Gasteiger partial charge in [-0.15, -0.1) is 0 Å². The van der Waals surface area contributed by atoms with Crippen LogP contribution in [0, 0.1) is 12.3 Å². The summed E-state index contributed by atoms with van der Waals surface area (Å²) in [6.07, 6.45) is 0. The molecule has 2 fully saturated rings. The van der Waals surface area contributed by atoms with Crippen LogP contribution >= 0.6 is 11.6 Å². The molecule has 4 heterocycles. The third-order valence-corrected chi connectivity index (χ3v) is 7.35. The van der Waals surface area contributed by atoms with Crippen molar-refractivity contribution in [1.29, 1.82) is 0 Å². The maximum atomic E-state index is 6.95. The van der Waals surface area contributed by atoms with Crippen LogP contribution in [0.2, 0.25) is 5.02 Å². The van der Waals surface area contributed by atoms with Crippen molar-refractivity contribution in [2.45, 2.75) is 13.5 Å². The first kappa shape index (κ1) is 21.7. The van der Waals surface area contributed by atoms with Crippen molar-refractivity contribution >= 4 is 11.6 Å². The van der Waals surface area contributed by atoms with Crippen LogP contribution in [-0.4, -0.2) is 56.5 Å². The summed E-state index contributed by atoms with van der Waals surface area (Å²) in [6.45, 7) is 7.97. The number of hydrogen-bond donors (Lipinski definition) is 0. The van der Waals surface area contributed by atoms with Gasteiger partial charge >= 0.3 is 0 Å². The molecule has 0 N–H and O–H groups in total. The Hall–Kier alpha value is -2.80. The summed E-state index contributed by atoms with van der Waals surface area (Å²) in [4.78, 5) is 7.30. The average molecular weight is 479 g/mol. The molecular formula is C27H27ClN2O4. The van der Waals surface area contributed by atoms with Crippen LogP contribution in [0.4, 0.5) is 0 Å². The number of likely N-dealkylation sites (tertiary alicyclic amines) is 1. The first-order valence-electron chi connectivity index (χ1n) is 11.6. The van der Waals surface area contributed by atoms with Crippen LogP contribution in [0.3, 0.4) is 0 Å². The highest BCUT2D eigenvalue weighted by Gasteiger charge is 2.48. The molecule has 0 unspecified atom stereocenters. The summed E-state index contributed by atoms with van der Waals surface area (Å²) < 4.78 is 22.6. The fourth-order valence-electron chi connectivity index (χ4n) is 5.14. The van der Waals surface area contributed by atoms with Crippen molar-refractivity contribution in [2.24, 2.45) is 5.41 Å². The standard InChI is InChI=1S/C27H27ClN2O4/c1-17-10-22(29-26(31-2)21(17)12-30-13-27(14-30)15-32-16-27)20-5-3-4-19(25(20)28)18-6-7-23-24(11-18)34-9-8-33-23/h3-7,10-11H,8-9,12-16H2,1-2H3. The maximum absolute atomic E-state index is 6.95. The summed E-state index contributed by atoms with van der Waals surface area (Å²) in [5.41, 5.74) is 6.23. The molecule has 1 aromatic heterocycles. The van der Waals surface area contributed by atoms with Gasteiger partial charge in [0.25, 0.3) is 0 Å². The van der Waals surface area contributed by atoms with Crippen molar-refractivity contribution < 1.29 is 18.9 Å². The van der Waals surface area contributed by atoms with Crippen molar-refractivity contribution in [3.8, 4) is 39.8 Å². The first-order chi connectivity index (χ1) is 16.5. The van der Waals surface area contributed by atoms with Crippen LogP contribution in [-0.2, 0) is 11.3 Å². The number of pyridine rings is 1. The fourth-order valence-corrected chi connectivity index (χ4v) is 5.48. The molecule has 6 rings (SSSR count). The normalized spacial score (nSPS) is 18.3. The van der Waals surface area contributed by atoms with Gasteiger partial charge in [-0.1, -0.05) is 35.9 Å². The smallest absolute Gasteiger partial charge is 0.218 e. The number of methoxy groups -OCH3 is 1. The molecule has 0 saturated carbocycles. The summed E-state index contributed by atoms with van der Waals surface area (Å²) in [5.74, 6) is 2.16. The molecule has 3 aliphatic heterocycles. The Kier molecular flexibility index (Phi) is 5.40. The predicted octanol–water partition coefficient (Wildman–Crippen LogP) is 4.99. The number of benzene rings is 2. The van der Waals surface area contributed by atoms with E-state index in [1.807, 2.05) is 36.4 Å². The van der Waals surface area contributed by atoms with Crippen molar-refractivity contribution in [2.75, 3.05) is 46.6 Å². The Morgan fingerprint density at radius 3 is 2.53 bits per heavy atom. The molecule has 0 amide bonds.